The number of rotatable bonds is 2. The van der Waals surface area contributed by atoms with E-state index in [0.717, 1.165) is 25.5 Å². The summed E-state index contributed by atoms with van der Waals surface area (Å²) in [4.78, 5) is 9.84. The lowest BCUT2D eigenvalue weighted by Gasteiger charge is -2.00. The predicted octanol–water partition coefficient (Wildman–Crippen LogP) is 0.503. The van der Waals surface area contributed by atoms with Gasteiger partial charge >= 0.3 is 5.97 Å². The number of carbonyl (C=O) groups excluding carboxylic acids is 1. The third-order valence-electron chi connectivity index (χ3n) is 1.60. The first-order valence-electron chi connectivity index (χ1n) is 4.17. The number of aliphatic hydroxyl groups is 1. The molecular weight excluding hydrogens is 172 g/mol. The van der Waals surface area contributed by atoms with Crippen LogP contribution in [-0.2, 0) is 14.3 Å². The smallest absolute Gasteiger partial charge is 0.329 e. The Morgan fingerprint density at radius 1 is 1.85 bits per heavy atom. The van der Waals surface area contributed by atoms with Gasteiger partial charge in [-0.2, -0.15) is 0 Å². The number of hydrogen-bond donors (Lipinski definition) is 1. The van der Waals surface area contributed by atoms with Crippen LogP contribution >= 0.6 is 0 Å². The molecule has 4 nitrogen and oxygen atoms in total. The van der Waals surface area contributed by atoms with Gasteiger partial charge in [0, 0.05) is 12.7 Å². The summed E-state index contributed by atoms with van der Waals surface area (Å²) < 4.78 is 9.19. The van der Waals surface area contributed by atoms with Crippen LogP contribution in [0.15, 0.2) is 12.7 Å². The summed E-state index contributed by atoms with van der Waals surface area (Å²) in [6.07, 6.45) is 3.42. The number of aliphatic hydroxyl groups excluding tert-OH is 1. The monoisotopic (exact) mass is 188 g/mol. The molecule has 1 fully saturated rings. The van der Waals surface area contributed by atoms with Crippen molar-refractivity contribution in [1.29, 1.82) is 0 Å². The average Bonchev–Trinajstić information content (AvgIpc) is 2.70. The fraction of sp³-hybridized carbons (Fsp3) is 0.667. The van der Waals surface area contributed by atoms with Gasteiger partial charge in [0.1, 0.15) is 0 Å². The van der Waals surface area contributed by atoms with E-state index in [4.69, 9.17) is 9.84 Å². The summed E-state index contributed by atoms with van der Waals surface area (Å²) >= 11 is 0. The van der Waals surface area contributed by atoms with Crippen LogP contribution in [0.25, 0.3) is 0 Å². The van der Waals surface area contributed by atoms with Crippen LogP contribution in [0.5, 0.6) is 0 Å². The highest BCUT2D eigenvalue weighted by Gasteiger charge is 2.12. The largest absolute Gasteiger partial charge is 0.466 e. The Morgan fingerprint density at radius 3 is 2.69 bits per heavy atom. The van der Waals surface area contributed by atoms with Gasteiger partial charge in [-0.25, -0.2) is 4.79 Å². The van der Waals surface area contributed by atoms with E-state index in [-0.39, 0.29) is 12.7 Å². The second-order valence-corrected chi connectivity index (χ2v) is 2.54. The highest BCUT2D eigenvalue weighted by molar-refractivity contribution is 5.80. The first-order valence-corrected chi connectivity index (χ1v) is 4.17. The van der Waals surface area contributed by atoms with Gasteiger partial charge in [0.15, 0.2) is 0 Å². The van der Waals surface area contributed by atoms with E-state index in [0.29, 0.717) is 0 Å². The maximum Gasteiger partial charge on any atom is 0.329 e. The van der Waals surface area contributed by atoms with E-state index in [2.05, 4.69) is 11.3 Å². The molecule has 0 aromatic heterocycles. The molecule has 1 aliphatic heterocycles. The van der Waals surface area contributed by atoms with Crippen LogP contribution in [0.3, 0.4) is 0 Å². The number of esters is 1. The second kappa shape index (κ2) is 7.76. The minimum Gasteiger partial charge on any atom is -0.466 e. The minimum absolute atomic E-state index is 0.153. The lowest BCUT2D eigenvalue weighted by atomic mass is 10.2. The fourth-order valence-electron chi connectivity index (χ4n) is 0.872. The standard InChI is InChI=1S/C5H10O2.C4H6O2/c6-4-5-2-1-3-7-5;1-3-4(5)6-2/h5-6H,1-4H2;3H,1H2,2H3. The molecule has 0 aromatic carbocycles. The van der Waals surface area contributed by atoms with Crippen molar-refractivity contribution >= 4 is 5.97 Å². The quantitative estimate of drug-likeness (QED) is 0.506. The number of ether oxygens (including phenoxy) is 2. The van der Waals surface area contributed by atoms with E-state index in [1.807, 2.05) is 0 Å². The SMILES string of the molecule is C=CC(=O)OC.OCC1CCCO1. The first-order chi connectivity index (χ1) is 6.24. The topological polar surface area (TPSA) is 55.8 Å². The van der Waals surface area contributed by atoms with E-state index in [1.54, 1.807) is 0 Å². The van der Waals surface area contributed by atoms with Gasteiger partial charge in [0.2, 0.25) is 0 Å². The van der Waals surface area contributed by atoms with E-state index >= 15 is 0 Å². The van der Waals surface area contributed by atoms with Crippen LogP contribution in [0.4, 0.5) is 0 Å². The summed E-state index contributed by atoms with van der Waals surface area (Å²) in [6, 6.07) is 0. The summed E-state index contributed by atoms with van der Waals surface area (Å²) in [5.74, 6) is -0.394. The van der Waals surface area contributed by atoms with Crippen molar-refractivity contribution in [2.24, 2.45) is 0 Å². The Kier molecular flexibility index (Phi) is 7.24. The zero-order valence-corrected chi connectivity index (χ0v) is 7.86. The Morgan fingerprint density at radius 2 is 2.54 bits per heavy atom. The molecule has 13 heavy (non-hydrogen) atoms. The zero-order chi connectivity index (χ0) is 10.1. The van der Waals surface area contributed by atoms with Crippen molar-refractivity contribution in [1.82, 2.24) is 0 Å². The molecule has 1 unspecified atom stereocenters. The molecule has 1 rings (SSSR count). The molecule has 0 bridgehead atoms. The second-order valence-electron chi connectivity index (χ2n) is 2.54. The predicted molar refractivity (Wildman–Crippen MR) is 48.3 cm³/mol. The molecule has 0 saturated carbocycles. The third kappa shape index (κ3) is 6.31. The average molecular weight is 188 g/mol. The third-order valence-corrected chi connectivity index (χ3v) is 1.60. The first kappa shape index (κ1) is 12.1. The van der Waals surface area contributed by atoms with Crippen molar-refractivity contribution < 1.29 is 19.4 Å². The zero-order valence-electron chi connectivity index (χ0n) is 7.86. The molecule has 1 aliphatic rings. The van der Waals surface area contributed by atoms with Gasteiger partial charge in [-0.3, -0.25) is 0 Å². The van der Waals surface area contributed by atoms with E-state index in [1.165, 1.54) is 7.11 Å². The summed E-state index contributed by atoms with van der Waals surface area (Å²) in [7, 11) is 1.31. The van der Waals surface area contributed by atoms with Crippen LogP contribution < -0.4 is 0 Å². The van der Waals surface area contributed by atoms with Crippen LogP contribution in [0, 0.1) is 0 Å². The minimum atomic E-state index is -0.394. The van der Waals surface area contributed by atoms with Gasteiger partial charge in [-0.15, -0.1) is 0 Å². The summed E-state index contributed by atoms with van der Waals surface area (Å²) in [6.45, 7) is 4.19. The Labute approximate surface area is 78.2 Å². The van der Waals surface area contributed by atoms with Crippen molar-refractivity contribution in [2.75, 3.05) is 20.3 Å². The highest BCUT2D eigenvalue weighted by atomic mass is 16.5. The molecule has 0 amide bonds. The molecule has 0 aliphatic carbocycles. The molecule has 0 aromatic rings. The molecule has 1 saturated heterocycles. The maximum atomic E-state index is 9.84. The van der Waals surface area contributed by atoms with Gasteiger partial charge in [-0.05, 0) is 12.8 Å². The molecule has 0 radical (unpaired) electrons. The summed E-state index contributed by atoms with van der Waals surface area (Å²) in [5, 5.41) is 8.44. The normalized spacial score (nSPS) is 20.0. The van der Waals surface area contributed by atoms with Crippen molar-refractivity contribution in [3.05, 3.63) is 12.7 Å². The molecule has 4 heteroatoms. The van der Waals surface area contributed by atoms with Crippen LogP contribution in [-0.4, -0.2) is 37.5 Å². The maximum absolute atomic E-state index is 9.84. The molecule has 76 valence electrons. The van der Waals surface area contributed by atoms with Crippen LogP contribution in [0.2, 0.25) is 0 Å². The Bertz CT molecular complexity index is 150. The molecule has 1 heterocycles. The van der Waals surface area contributed by atoms with E-state index in [9.17, 15) is 4.79 Å². The van der Waals surface area contributed by atoms with E-state index < -0.39 is 5.97 Å². The van der Waals surface area contributed by atoms with Crippen molar-refractivity contribution in [3.63, 3.8) is 0 Å². The van der Waals surface area contributed by atoms with Crippen molar-refractivity contribution in [3.8, 4) is 0 Å². The lowest BCUT2D eigenvalue weighted by Crippen LogP contribution is -2.09. The Balaban J connectivity index is 0.000000226. The lowest BCUT2D eigenvalue weighted by molar-refractivity contribution is -0.134. The number of hydrogen-bond acceptors (Lipinski definition) is 4. The van der Waals surface area contributed by atoms with Gasteiger partial charge < -0.3 is 14.6 Å². The fourth-order valence-corrected chi connectivity index (χ4v) is 0.872. The molecule has 0 spiro atoms. The van der Waals surface area contributed by atoms with Gasteiger partial charge in [-0.1, -0.05) is 6.58 Å². The number of methoxy groups -OCH3 is 1. The van der Waals surface area contributed by atoms with Gasteiger partial charge in [0.25, 0.3) is 0 Å². The van der Waals surface area contributed by atoms with Gasteiger partial charge in [0.05, 0.1) is 19.8 Å². The molecule has 1 atom stereocenters. The summed E-state index contributed by atoms with van der Waals surface area (Å²) in [5.41, 5.74) is 0. The highest BCUT2D eigenvalue weighted by Crippen LogP contribution is 2.09. The van der Waals surface area contributed by atoms with Crippen LogP contribution in [0.1, 0.15) is 12.8 Å². The molecular formula is C9H16O4. The number of carbonyl (C=O) groups is 1. The molecule has 1 N–H and O–H groups in total. The van der Waals surface area contributed by atoms with Crippen molar-refractivity contribution in [2.45, 2.75) is 18.9 Å². The Hall–Kier alpha value is -0.870.